The zero-order chi connectivity index (χ0) is 20.5. The van der Waals surface area contributed by atoms with E-state index < -0.39 is 0 Å². The molecule has 8 heteroatoms. The number of fused-ring (bicyclic) bond motifs is 1. The van der Waals surface area contributed by atoms with Gasteiger partial charge in [-0.15, -0.1) is 0 Å². The summed E-state index contributed by atoms with van der Waals surface area (Å²) in [5, 5.41) is 5.41. The molecule has 4 heterocycles. The first kappa shape index (κ1) is 18.4. The second kappa shape index (κ2) is 7.62. The number of hydrogen-bond acceptors (Lipinski definition) is 5. The van der Waals surface area contributed by atoms with E-state index in [1.807, 2.05) is 53.0 Å². The third-order valence-electron chi connectivity index (χ3n) is 5.49. The fourth-order valence-electron chi connectivity index (χ4n) is 3.93. The van der Waals surface area contributed by atoms with E-state index >= 15 is 0 Å². The number of amides is 1. The van der Waals surface area contributed by atoms with Gasteiger partial charge in [0.25, 0.3) is 0 Å². The highest BCUT2D eigenvalue weighted by atomic mass is 16.2. The predicted molar refractivity (Wildman–Crippen MR) is 115 cm³/mol. The zero-order valence-electron chi connectivity index (χ0n) is 16.8. The van der Waals surface area contributed by atoms with Crippen molar-refractivity contribution in [2.75, 3.05) is 31.1 Å². The van der Waals surface area contributed by atoms with Gasteiger partial charge in [0.05, 0.1) is 0 Å². The van der Waals surface area contributed by atoms with E-state index in [9.17, 15) is 4.79 Å². The summed E-state index contributed by atoms with van der Waals surface area (Å²) in [6.45, 7) is 5.10. The Bertz CT molecular complexity index is 1170. The minimum Gasteiger partial charge on any atom is -0.353 e. The highest BCUT2D eigenvalue weighted by Crippen LogP contribution is 2.18. The van der Waals surface area contributed by atoms with Crippen LogP contribution in [0.3, 0.4) is 0 Å². The van der Waals surface area contributed by atoms with Gasteiger partial charge < -0.3 is 14.4 Å². The molecular formula is C22H23N7O. The van der Waals surface area contributed by atoms with Crippen LogP contribution in [0.2, 0.25) is 0 Å². The SMILES string of the molecule is Cc1nc(N2CCN(C(=O)Cn3ccc4ccccc43)CC2)cc(-n2cccn2)n1. The molecule has 1 aliphatic heterocycles. The average molecular weight is 401 g/mol. The van der Waals surface area contributed by atoms with E-state index in [2.05, 4.69) is 38.2 Å². The highest BCUT2D eigenvalue weighted by molar-refractivity contribution is 5.83. The van der Waals surface area contributed by atoms with E-state index in [0.717, 1.165) is 35.6 Å². The number of rotatable bonds is 4. The number of aromatic nitrogens is 5. The third kappa shape index (κ3) is 3.52. The summed E-state index contributed by atoms with van der Waals surface area (Å²) in [6, 6.07) is 14.0. The van der Waals surface area contributed by atoms with Gasteiger partial charge in [-0.1, -0.05) is 18.2 Å². The maximum atomic E-state index is 12.9. The van der Waals surface area contributed by atoms with Crippen LogP contribution in [-0.2, 0) is 11.3 Å². The van der Waals surface area contributed by atoms with Crippen molar-refractivity contribution in [1.29, 1.82) is 0 Å². The molecule has 0 bridgehead atoms. The number of carbonyl (C=O) groups excluding carboxylic acids is 1. The molecule has 0 saturated carbocycles. The molecule has 1 amide bonds. The molecule has 1 aliphatic rings. The second-order valence-electron chi connectivity index (χ2n) is 7.45. The summed E-state index contributed by atoms with van der Waals surface area (Å²) < 4.78 is 3.76. The zero-order valence-corrected chi connectivity index (χ0v) is 16.8. The van der Waals surface area contributed by atoms with E-state index in [4.69, 9.17) is 0 Å². The van der Waals surface area contributed by atoms with Crippen molar-refractivity contribution in [3.63, 3.8) is 0 Å². The molecular weight excluding hydrogens is 378 g/mol. The first-order chi connectivity index (χ1) is 14.7. The van der Waals surface area contributed by atoms with Crippen LogP contribution >= 0.6 is 0 Å². The van der Waals surface area contributed by atoms with Crippen LogP contribution in [0.25, 0.3) is 16.7 Å². The van der Waals surface area contributed by atoms with Crippen molar-refractivity contribution in [2.45, 2.75) is 13.5 Å². The molecule has 0 spiro atoms. The van der Waals surface area contributed by atoms with Gasteiger partial charge in [-0.2, -0.15) is 5.10 Å². The van der Waals surface area contributed by atoms with Gasteiger partial charge in [0.2, 0.25) is 5.91 Å². The molecule has 0 atom stereocenters. The maximum absolute atomic E-state index is 12.9. The lowest BCUT2D eigenvalue weighted by atomic mass is 10.2. The summed E-state index contributed by atoms with van der Waals surface area (Å²) in [4.78, 5) is 26.1. The number of carbonyl (C=O) groups is 1. The standard InChI is InChI=1S/C22H23N7O/c1-17-24-20(15-21(25-17)29-9-4-8-23-29)26-11-13-27(14-12-26)22(30)16-28-10-7-18-5-2-3-6-19(18)28/h2-10,15H,11-14,16H2,1H3. The molecule has 1 saturated heterocycles. The number of anilines is 1. The lowest BCUT2D eigenvalue weighted by Gasteiger charge is -2.35. The minimum atomic E-state index is 0.145. The predicted octanol–water partition coefficient (Wildman–Crippen LogP) is 2.27. The fourth-order valence-corrected chi connectivity index (χ4v) is 3.93. The molecule has 0 N–H and O–H groups in total. The van der Waals surface area contributed by atoms with Crippen LogP contribution in [0.5, 0.6) is 0 Å². The second-order valence-corrected chi connectivity index (χ2v) is 7.45. The number of piperazine rings is 1. The van der Waals surface area contributed by atoms with E-state index in [1.165, 1.54) is 0 Å². The fraction of sp³-hybridized carbons (Fsp3) is 0.273. The van der Waals surface area contributed by atoms with Gasteiger partial charge in [-0.05, 0) is 30.5 Å². The smallest absolute Gasteiger partial charge is 0.242 e. The Morgan fingerprint density at radius 1 is 0.967 bits per heavy atom. The van der Waals surface area contributed by atoms with Crippen LogP contribution < -0.4 is 4.90 Å². The molecule has 8 nitrogen and oxygen atoms in total. The van der Waals surface area contributed by atoms with Crippen molar-refractivity contribution < 1.29 is 4.79 Å². The van der Waals surface area contributed by atoms with E-state index in [1.54, 1.807) is 10.9 Å². The number of aryl methyl sites for hydroxylation is 1. The Balaban J connectivity index is 1.26. The average Bonchev–Trinajstić information content (AvgIpc) is 3.44. The molecule has 5 rings (SSSR count). The van der Waals surface area contributed by atoms with Crippen LogP contribution in [0.1, 0.15) is 5.82 Å². The van der Waals surface area contributed by atoms with E-state index in [0.29, 0.717) is 25.5 Å². The lowest BCUT2D eigenvalue weighted by Crippen LogP contribution is -2.49. The van der Waals surface area contributed by atoms with Crippen molar-refractivity contribution in [2.24, 2.45) is 0 Å². The van der Waals surface area contributed by atoms with Gasteiger partial charge in [-0.3, -0.25) is 4.79 Å². The lowest BCUT2D eigenvalue weighted by molar-refractivity contribution is -0.132. The van der Waals surface area contributed by atoms with Crippen molar-refractivity contribution >= 4 is 22.6 Å². The highest BCUT2D eigenvalue weighted by Gasteiger charge is 2.23. The van der Waals surface area contributed by atoms with Gasteiger partial charge in [0.1, 0.15) is 18.2 Å². The van der Waals surface area contributed by atoms with Crippen LogP contribution in [0, 0.1) is 6.92 Å². The molecule has 30 heavy (non-hydrogen) atoms. The first-order valence-corrected chi connectivity index (χ1v) is 10.1. The summed E-state index contributed by atoms with van der Waals surface area (Å²) >= 11 is 0. The Morgan fingerprint density at radius 3 is 2.57 bits per heavy atom. The minimum absolute atomic E-state index is 0.145. The molecule has 1 aromatic carbocycles. The van der Waals surface area contributed by atoms with Gasteiger partial charge in [0.15, 0.2) is 5.82 Å². The van der Waals surface area contributed by atoms with Crippen LogP contribution in [-0.4, -0.2) is 61.3 Å². The maximum Gasteiger partial charge on any atom is 0.242 e. The van der Waals surface area contributed by atoms with Gasteiger partial charge in [0, 0.05) is 56.4 Å². The summed E-state index contributed by atoms with van der Waals surface area (Å²) in [5.74, 6) is 2.47. The molecule has 152 valence electrons. The molecule has 0 unspecified atom stereocenters. The Kier molecular flexibility index (Phi) is 4.66. The molecule has 1 fully saturated rings. The van der Waals surface area contributed by atoms with Crippen molar-refractivity contribution in [1.82, 2.24) is 29.2 Å². The quantitative estimate of drug-likeness (QED) is 0.525. The normalized spacial score (nSPS) is 14.4. The van der Waals surface area contributed by atoms with E-state index in [-0.39, 0.29) is 5.91 Å². The third-order valence-corrected chi connectivity index (χ3v) is 5.49. The summed E-state index contributed by atoms with van der Waals surface area (Å²) in [7, 11) is 0. The molecule has 0 aliphatic carbocycles. The summed E-state index contributed by atoms with van der Waals surface area (Å²) in [5.41, 5.74) is 1.09. The molecule has 0 radical (unpaired) electrons. The van der Waals surface area contributed by atoms with Crippen molar-refractivity contribution in [3.8, 4) is 5.82 Å². The monoisotopic (exact) mass is 401 g/mol. The Hall–Kier alpha value is -3.68. The van der Waals surface area contributed by atoms with Gasteiger partial charge >= 0.3 is 0 Å². The topological polar surface area (TPSA) is 72.1 Å². The summed E-state index contributed by atoms with van der Waals surface area (Å²) in [6.07, 6.45) is 5.59. The first-order valence-electron chi connectivity index (χ1n) is 10.1. The largest absolute Gasteiger partial charge is 0.353 e. The molecule has 3 aromatic heterocycles. The van der Waals surface area contributed by atoms with Gasteiger partial charge in [-0.25, -0.2) is 14.6 Å². The Morgan fingerprint density at radius 2 is 1.77 bits per heavy atom. The number of benzene rings is 1. The molecule has 4 aromatic rings. The van der Waals surface area contributed by atoms with Crippen LogP contribution in [0.15, 0.2) is 61.1 Å². The number of para-hydroxylation sites is 1. The number of nitrogens with zero attached hydrogens (tertiary/aromatic N) is 7. The van der Waals surface area contributed by atoms with Crippen LogP contribution in [0.4, 0.5) is 5.82 Å². The Labute approximate surface area is 174 Å². The van der Waals surface area contributed by atoms with Crippen molar-refractivity contribution in [3.05, 3.63) is 66.9 Å². The number of hydrogen-bond donors (Lipinski definition) is 0.